The van der Waals surface area contributed by atoms with Crippen LogP contribution in [0.25, 0.3) is 11.5 Å². The first-order valence-corrected chi connectivity index (χ1v) is 6.57. The molecule has 0 aliphatic rings. The highest BCUT2D eigenvalue weighted by atomic mass is 16.5. The Balaban J connectivity index is 2.11. The van der Waals surface area contributed by atoms with Crippen molar-refractivity contribution >= 4 is 11.9 Å². The molecule has 1 amide bonds. The van der Waals surface area contributed by atoms with Crippen LogP contribution in [0.5, 0.6) is 0 Å². The van der Waals surface area contributed by atoms with E-state index in [2.05, 4.69) is 10.5 Å². The van der Waals surface area contributed by atoms with Gasteiger partial charge in [-0.05, 0) is 18.1 Å². The van der Waals surface area contributed by atoms with E-state index in [1.807, 2.05) is 6.92 Å². The fourth-order valence-corrected chi connectivity index (χ4v) is 1.82. The van der Waals surface area contributed by atoms with Crippen molar-refractivity contribution in [1.82, 2.24) is 10.5 Å². The van der Waals surface area contributed by atoms with Crippen molar-refractivity contribution in [2.75, 3.05) is 0 Å². The van der Waals surface area contributed by atoms with Crippen LogP contribution in [-0.4, -0.2) is 28.2 Å². The van der Waals surface area contributed by atoms with Gasteiger partial charge in [0.25, 0.3) is 5.91 Å². The molecule has 112 valence electrons. The Hall–Kier alpha value is -2.57. The van der Waals surface area contributed by atoms with Gasteiger partial charge < -0.3 is 19.4 Å². The van der Waals surface area contributed by atoms with Crippen molar-refractivity contribution in [3.05, 3.63) is 30.2 Å². The number of carboxylic acid groups (broad SMARTS) is 1. The molecule has 2 N–H and O–H groups in total. The van der Waals surface area contributed by atoms with Crippen LogP contribution in [0.15, 0.2) is 33.4 Å². The molecule has 0 spiro atoms. The largest absolute Gasteiger partial charge is 0.480 e. The molecule has 0 bridgehead atoms. The highest BCUT2D eigenvalue weighted by molar-refractivity contribution is 5.95. The van der Waals surface area contributed by atoms with Crippen LogP contribution in [-0.2, 0) is 4.79 Å². The predicted octanol–water partition coefficient (Wildman–Crippen LogP) is 2.16. The fourth-order valence-electron chi connectivity index (χ4n) is 1.82. The summed E-state index contributed by atoms with van der Waals surface area (Å²) in [5.41, 5.74) is 0.0101. The average molecular weight is 292 g/mol. The number of hydrogen-bond acceptors (Lipinski definition) is 5. The second-order valence-electron chi connectivity index (χ2n) is 4.73. The van der Waals surface area contributed by atoms with Crippen molar-refractivity contribution in [3.8, 4) is 11.5 Å². The molecular formula is C14H16N2O5. The van der Waals surface area contributed by atoms with Crippen molar-refractivity contribution in [2.45, 2.75) is 26.3 Å². The Morgan fingerprint density at radius 2 is 2.19 bits per heavy atom. The van der Waals surface area contributed by atoms with Crippen molar-refractivity contribution in [3.63, 3.8) is 0 Å². The molecule has 2 atom stereocenters. The lowest BCUT2D eigenvalue weighted by Crippen LogP contribution is -2.45. The summed E-state index contributed by atoms with van der Waals surface area (Å²) in [6, 6.07) is 3.79. The minimum atomic E-state index is -1.08. The molecule has 0 saturated carbocycles. The molecule has 7 heteroatoms. The third-order valence-electron chi connectivity index (χ3n) is 3.27. The molecule has 2 aromatic heterocycles. The number of carboxylic acids is 1. The summed E-state index contributed by atoms with van der Waals surface area (Å²) in [6.07, 6.45) is 2.11. The number of aromatic nitrogens is 1. The zero-order valence-corrected chi connectivity index (χ0v) is 11.7. The van der Waals surface area contributed by atoms with E-state index in [1.165, 1.54) is 12.3 Å². The minimum Gasteiger partial charge on any atom is -0.480 e. The van der Waals surface area contributed by atoms with E-state index in [0.717, 1.165) is 0 Å². The van der Waals surface area contributed by atoms with E-state index in [-0.39, 0.29) is 11.6 Å². The zero-order valence-electron chi connectivity index (χ0n) is 11.7. The molecule has 0 aliphatic carbocycles. The smallest absolute Gasteiger partial charge is 0.326 e. The first kappa shape index (κ1) is 14.8. The zero-order chi connectivity index (χ0) is 15.4. The number of furan rings is 1. The van der Waals surface area contributed by atoms with E-state index < -0.39 is 17.9 Å². The lowest BCUT2D eigenvalue weighted by molar-refractivity contribution is -0.140. The van der Waals surface area contributed by atoms with Gasteiger partial charge in [-0.25, -0.2) is 4.79 Å². The summed E-state index contributed by atoms with van der Waals surface area (Å²) in [4.78, 5) is 23.2. The first-order chi connectivity index (χ1) is 10.0. The summed E-state index contributed by atoms with van der Waals surface area (Å²) < 4.78 is 10.1. The molecule has 1 unspecified atom stereocenters. The van der Waals surface area contributed by atoms with Gasteiger partial charge in [-0.3, -0.25) is 4.79 Å². The number of rotatable bonds is 6. The van der Waals surface area contributed by atoms with E-state index in [4.69, 9.17) is 14.0 Å². The van der Waals surface area contributed by atoms with Crippen molar-refractivity contribution in [2.24, 2.45) is 5.92 Å². The third-order valence-corrected chi connectivity index (χ3v) is 3.27. The lowest BCUT2D eigenvalue weighted by Gasteiger charge is -2.19. The Morgan fingerprint density at radius 1 is 1.43 bits per heavy atom. The molecule has 0 fully saturated rings. The van der Waals surface area contributed by atoms with Crippen LogP contribution in [0, 0.1) is 5.92 Å². The summed E-state index contributed by atoms with van der Waals surface area (Å²) in [6.45, 7) is 3.62. The van der Waals surface area contributed by atoms with Gasteiger partial charge in [0.05, 0.1) is 6.26 Å². The monoisotopic (exact) mass is 292 g/mol. The second-order valence-corrected chi connectivity index (χ2v) is 4.73. The van der Waals surface area contributed by atoms with Crippen LogP contribution >= 0.6 is 0 Å². The quantitative estimate of drug-likeness (QED) is 0.845. The van der Waals surface area contributed by atoms with E-state index in [0.29, 0.717) is 17.9 Å². The number of nitrogens with zero attached hydrogens (tertiary/aromatic N) is 1. The molecule has 2 heterocycles. The lowest BCUT2D eigenvalue weighted by atomic mass is 9.99. The van der Waals surface area contributed by atoms with Crippen LogP contribution in [0.3, 0.4) is 0 Å². The summed E-state index contributed by atoms with van der Waals surface area (Å²) in [7, 11) is 0. The number of amides is 1. The van der Waals surface area contributed by atoms with Gasteiger partial charge in [-0.15, -0.1) is 0 Å². The molecule has 2 rings (SSSR count). The van der Waals surface area contributed by atoms with Crippen LogP contribution < -0.4 is 5.32 Å². The van der Waals surface area contributed by atoms with Crippen LogP contribution in [0.1, 0.15) is 30.8 Å². The molecule has 0 radical (unpaired) electrons. The van der Waals surface area contributed by atoms with Crippen molar-refractivity contribution < 1.29 is 23.6 Å². The standard InChI is InChI=1S/C14H16N2O5/c1-3-8(2)12(14(18)19)15-13(17)9-7-11(21-16-9)10-5-4-6-20-10/h4-8,12H,3H2,1-2H3,(H,15,17)(H,18,19)/t8?,12-/m0/s1. The maximum atomic E-state index is 12.0. The van der Waals surface area contributed by atoms with E-state index in [1.54, 1.807) is 19.1 Å². The Morgan fingerprint density at radius 3 is 2.76 bits per heavy atom. The van der Waals surface area contributed by atoms with Crippen molar-refractivity contribution in [1.29, 1.82) is 0 Å². The average Bonchev–Trinajstić information content (AvgIpc) is 3.12. The Kier molecular flexibility index (Phi) is 4.42. The van der Waals surface area contributed by atoms with Crippen LogP contribution in [0.2, 0.25) is 0 Å². The summed E-state index contributed by atoms with van der Waals surface area (Å²) >= 11 is 0. The molecular weight excluding hydrogens is 276 g/mol. The van der Waals surface area contributed by atoms with Crippen LogP contribution in [0.4, 0.5) is 0 Å². The van der Waals surface area contributed by atoms with Gasteiger partial charge >= 0.3 is 5.97 Å². The summed E-state index contributed by atoms with van der Waals surface area (Å²) in [5, 5.41) is 15.2. The third kappa shape index (κ3) is 3.31. The molecule has 2 aromatic rings. The Labute approximate surface area is 120 Å². The van der Waals surface area contributed by atoms with Gasteiger partial charge in [-0.1, -0.05) is 25.4 Å². The van der Waals surface area contributed by atoms with Gasteiger partial charge in [0.15, 0.2) is 11.5 Å². The summed E-state index contributed by atoms with van der Waals surface area (Å²) in [5.74, 6) is -1.11. The number of aliphatic carboxylic acids is 1. The topological polar surface area (TPSA) is 106 Å². The Bertz CT molecular complexity index is 617. The highest BCUT2D eigenvalue weighted by Gasteiger charge is 2.27. The molecule has 21 heavy (non-hydrogen) atoms. The van der Waals surface area contributed by atoms with Gasteiger partial charge in [0.1, 0.15) is 6.04 Å². The number of carbonyl (C=O) groups excluding carboxylic acids is 1. The highest BCUT2D eigenvalue weighted by Crippen LogP contribution is 2.20. The molecule has 0 aromatic carbocycles. The SMILES string of the molecule is CCC(C)[C@H](NC(=O)c1cc(-c2ccco2)on1)C(=O)O. The van der Waals surface area contributed by atoms with E-state index >= 15 is 0 Å². The fraction of sp³-hybridized carbons (Fsp3) is 0.357. The molecule has 0 aliphatic heterocycles. The number of hydrogen-bond donors (Lipinski definition) is 2. The number of carbonyl (C=O) groups is 2. The maximum absolute atomic E-state index is 12.0. The second kappa shape index (κ2) is 6.25. The molecule has 0 saturated heterocycles. The minimum absolute atomic E-state index is 0.0101. The van der Waals surface area contributed by atoms with Gasteiger partial charge in [0, 0.05) is 6.07 Å². The normalized spacial score (nSPS) is 13.6. The van der Waals surface area contributed by atoms with E-state index in [9.17, 15) is 9.59 Å². The maximum Gasteiger partial charge on any atom is 0.326 e. The number of nitrogens with one attached hydrogen (secondary N) is 1. The first-order valence-electron chi connectivity index (χ1n) is 6.57. The predicted molar refractivity (Wildman–Crippen MR) is 72.6 cm³/mol. The van der Waals surface area contributed by atoms with Gasteiger partial charge in [0.2, 0.25) is 5.76 Å². The van der Waals surface area contributed by atoms with Gasteiger partial charge in [-0.2, -0.15) is 0 Å². The molecule has 7 nitrogen and oxygen atoms in total.